The molecule has 124 valence electrons. The molecule has 0 aromatic heterocycles. The van der Waals surface area contributed by atoms with E-state index in [0.29, 0.717) is 11.3 Å². The van der Waals surface area contributed by atoms with Crippen LogP contribution in [0.3, 0.4) is 0 Å². The molecule has 0 saturated carbocycles. The summed E-state index contributed by atoms with van der Waals surface area (Å²) in [4.78, 5) is 17.4. The van der Waals surface area contributed by atoms with Crippen molar-refractivity contribution in [3.05, 3.63) is 64.2 Å². The van der Waals surface area contributed by atoms with Gasteiger partial charge >= 0.3 is 0 Å². The molecule has 7 heteroatoms. The third kappa shape index (κ3) is 3.23. The molecule has 4 nitrogen and oxygen atoms in total. The maximum atomic E-state index is 13.9. The van der Waals surface area contributed by atoms with Crippen LogP contribution in [0.25, 0.3) is 0 Å². The molecule has 1 atom stereocenters. The fourth-order valence-corrected chi connectivity index (χ4v) is 2.69. The maximum absolute atomic E-state index is 13.9. The van der Waals surface area contributed by atoms with Crippen LogP contribution in [-0.4, -0.2) is 17.7 Å². The third-order valence-electron chi connectivity index (χ3n) is 3.66. The van der Waals surface area contributed by atoms with Crippen molar-refractivity contribution < 1.29 is 18.4 Å². The second-order valence-corrected chi connectivity index (χ2v) is 5.79. The van der Waals surface area contributed by atoms with Gasteiger partial charge in [0.15, 0.2) is 0 Å². The van der Waals surface area contributed by atoms with Crippen LogP contribution in [0.5, 0.6) is 0 Å². The van der Waals surface area contributed by atoms with Crippen LogP contribution in [0.4, 0.5) is 14.5 Å². The number of benzene rings is 2. The van der Waals surface area contributed by atoms with E-state index in [0.717, 1.165) is 0 Å². The molecular weight excluding hydrogens is 338 g/mol. The Labute approximate surface area is 142 Å². The van der Waals surface area contributed by atoms with Gasteiger partial charge in [-0.25, -0.2) is 8.78 Å². The smallest absolute Gasteiger partial charge is 0.268 e. The Kier molecular flexibility index (Phi) is 4.49. The number of amides is 1. The highest BCUT2D eigenvalue weighted by atomic mass is 35.5. The van der Waals surface area contributed by atoms with E-state index in [1.165, 1.54) is 36.4 Å². The quantitative estimate of drug-likeness (QED) is 0.907. The van der Waals surface area contributed by atoms with E-state index in [1.54, 1.807) is 6.92 Å². The molecule has 0 aliphatic carbocycles. The molecule has 0 radical (unpaired) electrons. The van der Waals surface area contributed by atoms with Gasteiger partial charge in [-0.05, 0) is 42.8 Å². The highest BCUT2D eigenvalue weighted by Crippen LogP contribution is 2.26. The standard InChI is InChI=1S/C17H13ClF2N2O2/c1-9-7-10(19)5-6-13(9)21-17(23)15-8-14(22-24-15)16-11(18)3-2-4-12(16)20/h2-7,15H,8H2,1H3,(H,21,23). The van der Waals surface area contributed by atoms with Crippen LogP contribution in [0.15, 0.2) is 41.6 Å². The lowest BCUT2D eigenvalue weighted by molar-refractivity contribution is -0.125. The Morgan fingerprint density at radius 3 is 2.83 bits per heavy atom. The lowest BCUT2D eigenvalue weighted by Crippen LogP contribution is -2.28. The van der Waals surface area contributed by atoms with Gasteiger partial charge in [-0.3, -0.25) is 4.79 Å². The lowest BCUT2D eigenvalue weighted by Gasteiger charge is -2.11. The van der Waals surface area contributed by atoms with Crippen molar-refractivity contribution in [2.75, 3.05) is 5.32 Å². The molecule has 1 heterocycles. The minimum absolute atomic E-state index is 0.0900. The third-order valence-corrected chi connectivity index (χ3v) is 3.97. The summed E-state index contributed by atoms with van der Waals surface area (Å²) >= 11 is 5.99. The molecule has 3 rings (SSSR count). The molecule has 2 aromatic rings. The van der Waals surface area contributed by atoms with Gasteiger partial charge < -0.3 is 10.2 Å². The van der Waals surface area contributed by atoms with Gasteiger partial charge in [0.25, 0.3) is 5.91 Å². The highest BCUT2D eigenvalue weighted by molar-refractivity contribution is 6.34. The predicted molar refractivity (Wildman–Crippen MR) is 87.2 cm³/mol. The largest absolute Gasteiger partial charge is 0.382 e. The molecule has 0 saturated heterocycles. The summed E-state index contributed by atoms with van der Waals surface area (Å²) in [5, 5.41) is 6.63. The monoisotopic (exact) mass is 350 g/mol. The number of aryl methyl sites for hydroxylation is 1. The number of rotatable bonds is 3. The zero-order valence-electron chi connectivity index (χ0n) is 12.6. The van der Waals surface area contributed by atoms with E-state index in [1.807, 2.05) is 0 Å². The van der Waals surface area contributed by atoms with Crippen LogP contribution < -0.4 is 5.32 Å². The molecule has 0 bridgehead atoms. The number of halogens is 3. The Morgan fingerprint density at radius 1 is 1.33 bits per heavy atom. The van der Waals surface area contributed by atoms with Crippen molar-refractivity contribution in [1.29, 1.82) is 0 Å². The molecular formula is C17H13ClF2N2O2. The fraction of sp³-hybridized carbons (Fsp3) is 0.176. The average molecular weight is 351 g/mol. The zero-order chi connectivity index (χ0) is 17.3. The van der Waals surface area contributed by atoms with Gasteiger partial charge in [-0.2, -0.15) is 0 Å². The van der Waals surface area contributed by atoms with E-state index >= 15 is 0 Å². The number of hydrogen-bond donors (Lipinski definition) is 1. The van der Waals surface area contributed by atoms with Crippen LogP contribution in [0, 0.1) is 18.6 Å². The van der Waals surface area contributed by atoms with Crippen LogP contribution in [0.2, 0.25) is 5.02 Å². The fourth-order valence-electron chi connectivity index (χ4n) is 2.42. The maximum Gasteiger partial charge on any atom is 0.268 e. The van der Waals surface area contributed by atoms with Crippen molar-refractivity contribution in [3.8, 4) is 0 Å². The highest BCUT2D eigenvalue weighted by Gasteiger charge is 2.31. The molecule has 0 spiro atoms. The first-order chi connectivity index (χ1) is 11.5. The van der Waals surface area contributed by atoms with Crippen LogP contribution in [-0.2, 0) is 9.63 Å². The van der Waals surface area contributed by atoms with Gasteiger partial charge in [-0.1, -0.05) is 22.8 Å². The molecule has 24 heavy (non-hydrogen) atoms. The van der Waals surface area contributed by atoms with Gasteiger partial charge in [0.05, 0.1) is 16.3 Å². The second-order valence-electron chi connectivity index (χ2n) is 5.38. The van der Waals surface area contributed by atoms with E-state index in [2.05, 4.69) is 10.5 Å². The van der Waals surface area contributed by atoms with E-state index in [4.69, 9.17) is 16.4 Å². The normalized spacial score (nSPS) is 16.5. The molecule has 1 amide bonds. The minimum Gasteiger partial charge on any atom is -0.382 e. The summed E-state index contributed by atoms with van der Waals surface area (Å²) in [6.07, 6.45) is -0.813. The molecule has 2 aromatic carbocycles. The van der Waals surface area contributed by atoms with Crippen molar-refractivity contribution in [2.24, 2.45) is 5.16 Å². The van der Waals surface area contributed by atoms with E-state index in [9.17, 15) is 13.6 Å². The van der Waals surface area contributed by atoms with E-state index < -0.39 is 17.8 Å². The number of anilines is 1. The molecule has 1 aliphatic heterocycles. The number of carbonyl (C=O) groups excluding carboxylic acids is 1. The summed E-state index contributed by atoms with van der Waals surface area (Å²) in [5.41, 5.74) is 1.46. The Morgan fingerprint density at radius 2 is 2.12 bits per heavy atom. The zero-order valence-corrected chi connectivity index (χ0v) is 13.4. The SMILES string of the molecule is Cc1cc(F)ccc1NC(=O)C1CC(c2c(F)cccc2Cl)=NO1. The van der Waals surface area contributed by atoms with Gasteiger partial charge in [0.2, 0.25) is 6.10 Å². The van der Waals surface area contributed by atoms with Gasteiger partial charge in [0, 0.05) is 12.1 Å². The molecule has 1 aliphatic rings. The average Bonchev–Trinajstić information content (AvgIpc) is 2.99. The first-order valence-corrected chi connectivity index (χ1v) is 7.57. The summed E-state index contributed by atoms with van der Waals surface area (Å²) in [6.45, 7) is 1.68. The number of hydrogen-bond acceptors (Lipinski definition) is 3. The topological polar surface area (TPSA) is 50.7 Å². The number of nitrogens with zero attached hydrogens (tertiary/aromatic N) is 1. The number of nitrogens with one attached hydrogen (secondary N) is 1. The molecule has 0 fully saturated rings. The lowest BCUT2D eigenvalue weighted by atomic mass is 10.0. The number of oxime groups is 1. The summed E-state index contributed by atoms with van der Waals surface area (Å²) in [5.74, 6) is -1.36. The Bertz CT molecular complexity index is 819. The minimum atomic E-state index is -0.903. The predicted octanol–water partition coefficient (Wildman–Crippen LogP) is 4.06. The van der Waals surface area contributed by atoms with Crippen LogP contribution >= 0.6 is 11.6 Å². The Hall–Kier alpha value is -2.47. The summed E-state index contributed by atoms with van der Waals surface area (Å²) < 4.78 is 27.0. The summed E-state index contributed by atoms with van der Waals surface area (Å²) in [7, 11) is 0. The van der Waals surface area contributed by atoms with E-state index in [-0.39, 0.29) is 28.5 Å². The Balaban J connectivity index is 1.71. The van der Waals surface area contributed by atoms with Gasteiger partial charge in [-0.15, -0.1) is 0 Å². The van der Waals surface area contributed by atoms with Gasteiger partial charge in [0.1, 0.15) is 11.6 Å². The molecule has 1 N–H and O–H groups in total. The van der Waals surface area contributed by atoms with Crippen molar-refractivity contribution >= 4 is 28.9 Å². The second kappa shape index (κ2) is 6.57. The number of carbonyl (C=O) groups is 1. The van der Waals surface area contributed by atoms with Crippen molar-refractivity contribution in [1.82, 2.24) is 0 Å². The first kappa shape index (κ1) is 16.4. The summed E-state index contributed by atoms with van der Waals surface area (Å²) in [6, 6.07) is 8.31. The van der Waals surface area contributed by atoms with Crippen molar-refractivity contribution in [2.45, 2.75) is 19.4 Å². The van der Waals surface area contributed by atoms with Crippen LogP contribution in [0.1, 0.15) is 17.5 Å². The van der Waals surface area contributed by atoms with Crippen molar-refractivity contribution in [3.63, 3.8) is 0 Å². The molecule has 1 unspecified atom stereocenters. The first-order valence-electron chi connectivity index (χ1n) is 7.20.